The summed E-state index contributed by atoms with van der Waals surface area (Å²) in [6.45, 7) is 6.47. The predicted molar refractivity (Wildman–Crippen MR) is 64.2 cm³/mol. The van der Waals surface area contributed by atoms with Crippen molar-refractivity contribution in [2.45, 2.75) is 58.4 Å². The summed E-state index contributed by atoms with van der Waals surface area (Å²) >= 11 is 0. The molecule has 0 unspecified atom stereocenters. The molecule has 1 aliphatic carbocycles. The maximum atomic E-state index is 11.1. The van der Waals surface area contributed by atoms with Crippen LogP contribution in [0.4, 0.5) is 4.79 Å². The molecule has 0 heterocycles. The lowest BCUT2D eigenvalue weighted by Gasteiger charge is -2.35. The summed E-state index contributed by atoms with van der Waals surface area (Å²) in [6, 6.07) is 0. The smallest absolute Gasteiger partial charge is 0.422 e. The summed E-state index contributed by atoms with van der Waals surface area (Å²) in [7, 11) is 0. The van der Waals surface area contributed by atoms with Crippen LogP contribution < -0.4 is 5.43 Å². The third-order valence-electron chi connectivity index (χ3n) is 3.12. The topological polar surface area (TPSA) is 52.6 Å². The van der Waals surface area contributed by atoms with Gasteiger partial charge in [0.1, 0.15) is 0 Å². The van der Waals surface area contributed by atoms with Gasteiger partial charge in [-0.05, 0) is 39.5 Å². The average Bonchev–Trinajstić information content (AvgIpc) is 2.17. The highest BCUT2D eigenvalue weighted by Gasteiger charge is 2.26. The first-order chi connectivity index (χ1) is 7.41. The van der Waals surface area contributed by atoms with Crippen molar-refractivity contribution in [3.05, 3.63) is 0 Å². The van der Waals surface area contributed by atoms with E-state index in [1.165, 1.54) is 37.1 Å². The molecule has 0 radical (unpaired) electrons. The van der Waals surface area contributed by atoms with Crippen molar-refractivity contribution in [3.63, 3.8) is 0 Å². The van der Waals surface area contributed by atoms with Crippen LogP contribution in [0.2, 0.25) is 0 Å². The maximum Gasteiger partial charge on any atom is 0.422 e. The molecule has 1 aliphatic rings. The van der Waals surface area contributed by atoms with Crippen LogP contribution >= 0.6 is 0 Å². The van der Waals surface area contributed by atoms with Gasteiger partial charge in [0, 0.05) is 6.54 Å². The molecule has 1 fully saturated rings. The van der Waals surface area contributed by atoms with Crippen LogP contribution in [0.25, 0.3) is 0 Å². The van der Waals surface area contributed by atoms with Crippen molar-refractivity contribution in [1.29, 1.82) is 0 Å². The fraction of sp³-hybridized carbons (Fsp3) is 0.917. The number of hydrazine groups is 1. The Bertz CT molecular complexity index is 230. The second-order valence-electron chi connectivity index (χ2n) is 5.66. The van der Waals surface area contributed by atoms with Gasteiger partial charge in [-0.1, -0.05) is 19.3 Å². The average molecular weight is 228 g/mol. The Labute approximate surface area is 98.0 Å². The van der Waals surface area contributed by atoms with E-state index >= 15 is 0 Å². The van der Waals surface area contributed by atoms with E-state index < -0.39 is 6.09 Å². The second-order valence-corrected chi connectivity index (χ2v) is 5.66. The van der Waals surface area contributed by atoms with E-state index in [1.54, 1.807) is 0 Å². The van der Waals surface area contributed by atoms with Crippen LogP contribution in [0.3, 0.4) is 0 Å². The van der Waals surface area contributed by atoms with Gasteiger partial charge in [-0.2, -0.15) is 0 Å². The molecule has 0 saturated heterocycles. The lowest BCUT2D eigenvalue weighted by atomic mass is 9.89. The van der Waals surface area contributed by atoms with E-state index in [2.05, 4.69) is 5.43 Å². The van der Waals surface area contributed by atoms with Gasteiger partial charge in [-0.3, -0.25) is 0 Å². The zero-order valence-electron chi connectivity index (χ0n) is 10.6. The van der Waals surface area contributed by atoms with Crippen molar-refractivity contribution in [2.75, 3.05) is 6.54 Å². The van der Waals surface area contributed by atoms with Gasteiger partial charge in [0.15, 0.2) is 0 Å². The Kier molecular flexibility index (Phi) is 4.59. The van der Waals surface area contributed by atoms with E-state index in [0.717, 1.165) is 6.54 Å². The van der Waals surface area contributed by atoms with E-state index in [4.69, 9.17) is 5.11 Å². The Hall–Kier alpha value is -0.770. The van der Waals surface area contributed by atoms with Crippen LogP contribution in [0.1, 0.15) is 52.9 Å². The number of carbonyl (C=O) groups is 1. The third kappa shape index (κ3) is 4.00. The monoisotopic (exact) mass is 228 g/mol. The zero-order chi connectivity index (χ0) is 12.2. The van der Waals surface area contributed by atoms with Gasteiger partial charge < -0.3 is 5.11 Å². The highest BCUT2D eigenvalue weighted by Crippen LogP contribution is 2.23. The largest absolute Gasteiger partial charge is 0.464 e. The number of carboxylic acid groups (broad SMARTS) is 1. The molecule has 1 saturated carbocycles. The molecular weight excluding hydrogens is 204 g/mol. The first-order valence-electron chi connectivity index (χ1n) is 6.18. The molecule has 2 N–H and O–H groups in total. The van der Waals surface area contributed by atoms with Crippen molar-refractivity contribution in [3.8, 4) is 0 Å². The Morgan fingerprint density at radius 2 is 1.88 bits per heavy atom. The van der Waals surface area contributed by atoms with E-state index in [1.807, 2.05) is 20.8 Å². The van der Waals surface area contributed by atoms with E-state index in [-0.39, 0.29) is 5.54 Å². The number of amides is 1. The third-order valence-corrected chi connectivity index (χ3v) is 3.12. The molecule has 0 aromatic heterocycles. The molecule has 16 heavy (non-hydrogen) atoms. The van der Waals surface area contributed by atoms with Crippen molar-refractivity contribution in [2.24, 2.45) is 5.92 Å². The minimum atomic E-state index is -0.900. The van der Waals surface area contributed by atoms with Crippen LogP contribution in [-0.4, -0.2) is 28.3 Å². The predicted octanol–water partition coefficient (Wildman–Crippen LogP) is 2.85. The van der Waals surface area contributed by atoms with Gasteiger partial charge in [-0.15, -0.1) is 0 Å². The number of nitrogens with one attached hydrogen (secondary N) is 1. The molecule has 0 bridgehead atoms. The fourth-order valence-corrected chi connectivity index (χ4v) is 2.20. The number of rotatable bonds is 3. The van der Waals surface area contributed by atoms with E-state index in [9.17, 15) is 4.79 Å². The van der Waals surface area contributed by atoms with Crippen LogP contribution in [-0.2, 0) is 0 Å². The van der Waals surface area contributed by atoms with Crippen molar-refractivity contribution < 1.29 is 9.90 Å². The Balaban J connectivity index is 2.40. The van der Waals surface area contributed by atoms with Gasteiger partial charge in [0.05, 0.1) is 5.54 Å². The molecule has 0 aliphatic heterocycles. The van der Waals surface area contributed by atoms with Crippen LogP contribution in [0, 0.1) is 5.92 Å². The number of nitrogens with zero attached hydrogens (tertiary/aromatic N) is 1. The minimum absolute atomic E-state index is 0.388. The molecule has 0 spiro atoms. The summed E-state index contributed by atoms with van der Waals surface area (Å²) in [5, 5.41) is 10.4. The van der Waals surface area contributed by atoms with Crippen molar-refractivity contribution >= 4 is 6.09 Å². The molecule has 94 valence electrons. The van der Waals surface area contributed by atoms with Gasteiger partial charge in [-0.25, -0.2) is 15.2 Å². The van der Waals surface area contributed by atoms with Crippen molar-refractivity contribution in [1.82, 2.24) is 10.4 Å². The highest BCUT2D eigenvalue weighted by molar-refractivity contribution is 5.65. The zero-order valence-corrected chi connectivity index (χ0v) is 10.6. The summed E-state index contributed by atoms with van der Waals surface area (Å²) in [5.41, 5.74) is 2.67. The molecule has 0 atom stereocenters. The van der Waals surface area contributed by atoms with Crippen LogP contribution in [0.5, 0.6) is 0 Å². The summed E-state index contributed by atoms with van der Waals surface area (Å²) in [4.78, 5) is 11.1. The lowest BCUT2D eigenvalue weighted by molar-refractivity contribution is 0.0579. The second kappa shape index (κ2) is 5.53. The molecule has 4 nitrogen and oxygen atoms in total. The lowest BCUT2D eigenvalue weighted by Crippen LogP contribution is -2.54. The quantitative estimate of drug-likeness (QED) is 0.730. The van der Waals surface area contributed by atoms with Gasteiger partial charge in [0.25, 0.3) is 0 Å². The molecule has 4 heteroatoms. The Morgan fingerprint density at radius 1 is 1.31 bits per heavy atom. The number of hydrogen-bond donors (Lipinski definition) is 2. The maximum absolute atomic E-state index is 11.1. The highest BCUT2D eigenvalue weighted by atomic mass is 16.4. The van der Waals surface area contributed by atoms with Crippen LogP contribution in [0.15, 0.2) is 0 Å². The molecule has 1 amide bonds. The van der Waals surface area contributed by atoms with E-state index in [0.29, 0.717) is 5.92 Å². The minimum Gasteiger partial charge on any atom is -0.464 e. The molecular formula is C12H24N2O2. The van der Waals surface area contributed by atoms with Gasteiger partial charge in [0.2, 0.25) is 0 Å². The summed E-state index contributed by atoms with van der Waals surface area (Å²) < 4.78 is 0. The summed E-state index contributed by atoms with van der Waals surface area (Å²) in [6.07, 6.45) is 5.46. The first kappa shape index (κ1) is 13.3. The first-order valence-corrected chi connectivity index (χ1v) is 6.18. The Morgan fingerprint density at radius 3 is 2.31 bits per heavy atom. The number of hydrogen-bond acceptors (Lipinski definition) is 2. The normalized spacial score (nSPS) is 18.4. The van der Waals surface area contributed by atoms with Gasteiger partial charge >= 0.3 is 6.09 Å². The molecule has 1 rings (SSSR count). The molecule has 0 aromatic rings. The SMILES string of the molecule is CC(C)(C)N(NCC1CCCCC1)C(=O)O. The fourth-order valence-electron chi connectivity index (χ4n) is 2.20. The molecule has 0 aromatic carbocycles. The standard InChI is InChI=1S/C12H24N2O2/c1-12(2,3)14(11(15)16)13-9-10-7-5-4-6-8-10/h10,13H,4-9H2,1-3H3,(H,15,16). The summed E-state index contributed by atoms with van der Waals surface area (Å²) in [5.74, 6) is 0.637.